The second-order valence-electron chi connectivity index (χ2n) is 5.93. The van der Waals surface area contributed by atoms with Gasteiger partial charge in [0.2, 0.25) is 0 Å². The molecule has 2 rings (SSSR count). The number of piperazine rings is 1. The fourth-order valence-corrected chi connectivity index (χ4v) is 2.86. The summed E-state index contributed by atoms with van der Waals surface area (Å²) in [6.07, 6.45) is 0.789. The molecule has 1 heterocycles. The smallest absolute Gasteiger partial charge is 0.0883 e. The Morgan fingerprint density at radius 3 is 2.58 bits per heavy atom. The Kier molecular flexibility index (Phi) is 4.61. The van der Waals surface area contributed by atoms with E-state index in [0.717, 1.165) is 44.7 Å². The van der Waals surface area contributed by atoms with E-state index in [1.165, 1.54) is 11.1 Å². The molecule has 0 spiro atoms. The minimum atomic E-state index is -0.733. The molecule has 1 aliphatic heterocycles. The van der Waals surface area contributed by atoms with E-state index < -0.39 is 5.60 Å². The van der Waals surface area contributed by atoms with Crippen LogP contribution in [0.15, 0.2) is 18.2 Å². The number of aryl methyl sites for hydroxylation is 2. The lowest BCUT2D eigenvalue weighted by Crippen LogP contribution is -2.45. The van der Waals surface area contributed by atoms with Crippen molar-refractivity contribution in [2.24, 2.45) is 0 Å². The normalized spacial score (nSPS) is 20.2. The van der Waals surface area contributed by atoms with Crippen molar-refractivity contribution in [3.8, 4) is 0 Å². The van der Waals surface area contributed by atoms with Crippen LogP contribution in [0.25, 0.3) is 0 Å². The van der Waals surface area contributed by atoms with Gasteiger partial charge in [0.05, 0.1) is 5.60 Å². The Morgan fingerprint density at radius 2 is 1.95 bits per heavy atom. The fraction of sp³-hybridized carbons (Fsp3) is 0.625. The van der Waals surface area contributed by atoms with Crippen LogP contribution in [0.5, 0.6) is 0 Å². The number of benzene rings is 1. The van der Waals surface area contributed by atoms with Crippen molar-refractivity contribution >= 4 is 0 Å². The Morgan fingerprint density at radius 1 is 1.26 bits per heavy atom. The highest BCUT2D eigenvalue weighted by Crippen LogP contribution is 2.28. The van der Waals surface area contributed by atoms with E-state index in [9.17, 15) is 5.11 Å². The zero-order valence-electron chi connectivity index (χ0n) is 12.4. The van der Waals surface area contributed by atoms with Crippen LogP contribution in [0.2, 0.25) is 0 Å². The molecular weight excluding hydrogens is 236 g/mol. The first kappa shape index (κ1) is 14.5. The van der Waals surface area contributed by atoms with E-state index in [1.807, 2.05) is 6.92 Å². The molecule has 1 unspecified atom stereocenters. The topological polar surface area (TPSA) is 35.5 Å². The molecule has 106 valence electrons. The lowest BCUT2D eigenvalue weighted by molar-refractivity contribution is 0.0339. The molecular formula is C16H26N2O. The second-order valence-corrected chi connectivity index (χ2v) is 5.93. The van der Waals surface area contributed by atoms with Crippen LogP contribution in [0.1, 0.15) is 30.0 Å². The number of hydrogen-bond acceptors (Lipinski definition) is 3. The molecule has 1 saturated heterocycles. The van der Waals surface area contributed by atoms with Crippen LogP contribution in [-0.4, -0.2) is 42.7 Å². The van der Waals surface area contributed by atoms with E-state index in [-0.39, 0.29) is 0 Å². The van der Waals surface area contributed by atoms with Crippen molar-refractivity contribution in [3.63, 3.8) is 0 Å². The number of rotatable bonds is 4. The molecule has 1 fully saturated rings. The molecule has 1 atom stereocenters. The van der Waals surface area contributed by atoms with Gasteiger partial charge in [-0.2, -0.15) is 0 Å². The Labute approximate surface area is 116 Å². The largest absolute Gasteiger partial charge is 0.385 e. The predicted octanol–water partition coefficient (Wildman–Crippen LogP) is 1.81. The Hall–Kier alpha value is -0.900. The van der Waals surface area contributed by atoms with Gasteiger partial charge in [-0.3, -0.25) is 0 Å². The summed E-state index contributed by atoms with van der Waals surface area (Å²) < 4.78 is 0. The van der Waals surface area contributed by atoms with Gasteiger partial charge in [-0.05, 0) is 38.3 Å². The lowest BCUT2D eigenvalue weighted by Gasteiger charge is -2.32. The van der Waals surface area contributed by atoms with Crippen molar-refractivity contribution in [1.82, 2.24) is 10.2 Å². The van der Waals surface area contributed by atoms with Gasteiger partial charge in [0.25, 0.3) is 0 Å². The van der Waals surface area contributed by atoms with E-state index in [0.29, 0.717) is 0 Å². The minimum absolute atomic E-state index is 0.733. The van der Waals surface area contributed by atoms with Gasteiger partial charge < -0.3 is 15.3 Å². The van der Waals surface area contributed by atoms with Gasteiger partial charge in [0.15, 0.2) is 0 Å². The maximum Gasteiger partial charge on any atom is 0.0883 e. The molecule has 0 radical (unpaired) electrons. The third-order valence-corrected chi connectivity index (χ3v) is 4.09. The maximum atomic E-state index is 10.7. The number of hydrogen-bond donors (Lipinski definition) is 2. The predicted molar refractivity (Wildman–Crippen MR) is 79.4 cm³/mol. The summed E-state index contributed by atoms with van der Waals surface area (Å²) >= 11 is 0. The highest BCUT2D eigenvalue weighted by atomic mass is 16.3. The molecule has 1 aliphatic rings. The molecule has 1 aromatic carbocycles. The van der Waals surface area contributed by atoms with E-state index in [2.05, 4.69) is 42.3 Å². The molecule has 0 aliphatic carbocycles. The molecule has 0 saturated carbocycles. The first-order valence-electron chi connectivity index (χ1n) is 7.22. The standard InChI is InChI=1S/C16H26N2O/c1-13-4-5-15(14(2)12-13)16(3,19)6-9-18-10-7-17-8-11-18/h4-5,12,17,19H,6-11H2,1-3H3. The molecule has 3 heteroatoms. The molecule has 0 aromatic heterocycles. The maximum absolute atomic E-state index is 10.7. The van der Waals surface area contributed by atoms with E-state index in [4.69, 9.17) is 0 Å². The summed E-state index contributed by atoms with van der Waals surface area (Å²) in [4.78, 5) is 2.43. The zero-order chi connectivity index (χ0) is 13.9. The number of aliphatic hydroxyl groups is 1. The summed E-state index contributed by atoms with van der Waals surface area (Å²) in [6, 6.07) is 6.30. The van der Waals surface area contributed by atoms with Crippen molar-refractivity contribution in [2.75, 3.05) is 32.7 Å². The Balaban J connectivity index is 2.00. The van der Waals surface area contributed by atoms with Crippen LogP contribution < -0.4 is 5.32 Å². The third kappa shape index (κ3) is 3.78. The van der Waals surface area contributed by atoms with Gasteiger partial charge in [-0.15, -0.1) is 0 Å². The summed E-state index contributed by atoms with van der Waals surface area (Å²) in [5.41, 5.74) is 2.76. The SMILES string of the molecule is Cc1ccc(C(C)(O)CCN2CCNCC2)c(C)c1. The molecule has 3 nitrogen and oxygen atoms in total. The molecule has 19 heavy (non-hydrogen) atoms. The highest BCUT2D eigenvalue weighted by molar-refractivity contribution is 5.34. The van der Waals surface area contributed by atoms with E-state index in [1.54, 1.807) is 0 Å². The van der Waals surface area contributed by atoms with Crippen LogP contribution in [0, 0.1) is 13.8 Å². The van der Waals surface area contributed by atoms with Crippen molar-refractivity contribution in [1.29, 1.82) is 0 Å². The fourth-order valence-electron chi connectivity index (χ4n) is 2.86. The van der Waals surface area contributed by atoms with Crippen molar-refractivity contribution in [3.05, 3.63) is 34.9 Å². The number of nitrogens with one attached hydrogen (secondary N) is 1. The van der Waals surface area contributed by atoms with Crippen LogP contribution in [0.4, 0.5) is 0 Å². The van der Waals surface area contributed by atoms with Crippen molar-refractivity contribution in [2.45, 2.75) is 32.8 Å². The molecule has 0 amide bonds. The average Bonchev–Trinajstić information content (AvgIpc) is 2.37. The molecule has 0 bridgehead atoms. The first-order chi connectivity index (χ1) is 8.99. The van der Waals surface area contributed by atoms with Gasteiger partial charge in [-0.1, -0.05) is 23.8 Å². The number of nitrogens with zero attached hydrogens (tertiary/aromatic N) is 1. The zero-order valence-corrected chi connectivity index (χ0v) is 12.4. The quantitative estimate of drug-likeness (QED) is 0.868. The third-order valence-electron chi connectivity index (χ3n) is 4.09. The average molecular weight is 262 g/mol. The van der Waals surface area contributed by atoms with Crippen LogP contribution in [0.3, 0.4) is 0 Å². The van der Waals surface area contributed by atoms with E-state index >= 15 is 0 Å². The molecule has 1 aromatic rings. The summed E-state index contributed by atoms with van der Waals surface area (Å²) in [5, 5.41) is 14.1. The Bertz CT molecular complexity index is 423. The second kappa shape index (κ2) is 6.04. The monoisotopic (exact) mass is 262 g/mol. The highest BCUT2D eigenvalue weighted by Gasteiger charge is 2.25. The summed E-state index contributed by atoms with van der Waals surface area (Å²) in [6.45, 7) is 11.4. The summed E-state index contributed by atoms with van der Waals surface area (Å²) in [5.74, 6) is 0. The van der Waals surface area contributed by atoms with Gasteiger partial charge in [0, 0.05) is 32.7 Å². The lowest BCUT2D eigenvalue weighted by atomic mass is 9.88. The van der Waals surface area contributed by atoms with Crippen molar-refractivity contribution < 1.29 is 5.11 Å². The minimum Gasteiger partial charge on any atom is -0.385 e. The van der Waals surface area contributed by atoms with Crippen LogP contribution in [-0.2, 0) is 5.60 Å². The first-order valence-corrected chi connectivity index (χ1v) is 7.22. The molecule has 2 N–H and O–H groups in total. The van der Waals surface area contributed by atoms with Crippen LogP contribution >= 0.6 is 0 Å². The van der Waals surface area contributed by atoms with Gasteiger partial charge >= 0.3 is 0 Å². The van der Waals surface area contributed by atoms with Gasteiger partial charge in [0.1, 0.15) is 0 Å². The summed E-state index contributed by atoms with van der Waals surface area (Å²) in [7, 11) is 0. The van der Waals surface area contributed by atoms with Gasteiger partial charge in [-0.25, -0.2) is 0 Å².